The molecular weight excluding hydrogens is 336 g/mol. The molecule has 0 atom stereocenters. The van der Waals surface area contributed by atoms with Crippen LogP contribution in [0.5, 0.6) is 0 Å². The maximum Gasteiger partial charge on any atom is 0.249 e. The minimum absolute atomic E-state index is 0. The Labute approximate surface area is 125 Å². The van der Waals surface area contributed by atoms with Crippen LogP contribution in [0.4, 0.5) is 17.6 Å². The Morgan fingerprint density at radius 2 is 1.57 bits per heavy atom. The molecule has 21 heavy (non-hydrogen) atoms. The summed E-state index contributed by atoms with van der Waals surface area (Å²) in [6, 6.07) is -0.0202. The highest BCUT2D eigenvalue weighted by Crippen LogP contribution is 2.26. The molecule has 0 saturated carbocycles. The molecule has 1 aromatic carbocycles. The quantitative estimate of drug-likeness (QED) is 0.653. The molecule has 1 aromatic rings. The lowest BCUT2D eigenvalue weighted by molar-refractivity contribution is 0.393. The van der Waals surface area contributed by atoms with Crippen molar-refractivity contribution in [2.75, 3.05) is 26.2 Å². The standard InChI is InChI=1S/C11H12F4N2O2S.ClH/c12-7-6-8(13)10(15)11(9(7)14)20(18,19)17-4-1-2-16-3-5-17;/h6,16H,1-5H2;1H. The van der Waals surface area contributed by atoms with Crippen molar-refractivity contribution in [1.82, 2.24) is 9.62 Å². The second kappa shape index (κ2) is 6.91. The molecule has 0 aromatic heterocycles. The van der Waals surface area contributed by atoms with Crippen molar-refractivity contribution in [1.29, 1.82) is 0 Å². The molecule has 0 unspecified atom stereocenters. The zero-order chi connectivity index (χ0) is 14.9. The van der Waals surface area contributed by atoms with Crippen LogP contribution in [0.1, 0.15) is 6.42 Å². The molecule has 0 bridgehead atoms. The van der Waals surface area contributed by atoms with Gasteiger partial charge in [0.25, 0.3) is 0 Å². The Morgan fingerprint density at radius 1 is 1.00 bits per heavy atom. The van der Waals surface area contributed by atoms with E-state index in [1.54, 1.807) is 0 Å². The van der Waals surface area contributed by atoms with E-state index in [0.717, 1.165) is 4.31 Å². The summed E-state index contributed by atoms with van der Waals surface area (Å²) in [7, 11) is -4.63. The Balaban J connectivity index is 0.00000220. The lowest BCUT2D eigenvalue weighted by atomic mass is 10.3. The van der Waals surface area contributed by atoms with Gasteiger partial charge in [-0.2, -0.15) is 4.31 Å². The minimum atomic E-state index is -4.63. The Kier molecular flexibility index (Phi) is 5.97. The predicted molar refractivity (Wildman–Crippen MR) is 69.8 cm³/mol. The van der Waals surface area contributed by atoms with Crippen molar-refractivity contribution in [2.45, 2.75) is 11.3 Å². The van der Waals surface area contributed by atoms with Crippen molar-refractivity contribution >= 4 is 22.4 Å². The molecule has 1 heterocycles. The summed E-state index contributed by atoms with van der Waals surface area (Å²) in [5, 5.41) is 2.91. The van der Waals surface area contributed by atoms with E-state index < -0.39 is 38.2 Å². The van der Waals surface area contributed by atoms with Gasteiger partial charge in [0.2, 0.25) is 10.0 Å². The number of hydrogen-bond acceptors (Lipinski definition) is 3. The number of nitrogens with zero attached hydrogens (tertiary/aromatic N) is 1. The second-order valence-corrected chi connectivity index (χ2v) is 6.18. The van der Waals surface area contributed by atoms with Crippen LogP contribution in [0, 0.1) is 23.3 Å². The molecule has 1 saturated heterocycles. The molecule has 0 amide bonds. The fourth-order valence-electron chi connectivity index (χ4n) is 1.97. The first-order valence-electron chi connectivity index (χ1n) is 5.89. The van der Waals surface area contributed by atoms with Crippen molar-refractivity contribution in [3.05, 3.63) is 29.3 Å². The SMILES string of the molecule is Cl.O=S(=O)(c1c(F)c(F)cc(F)c1F)N1CCCNCC1. The summed E-state index contributed by atoms with van der Waals surface area (Å²) in [6.07, 6.45) is 0.431. The van der Waals surface area contributed by atoms with Crippen molar-refractivity contribution in [2.24, 2.45) is 0 Å². The molecule has 1 aliphatic rings. The number of halogens is 5. The van der Waals surface area contributed by atoms with Gasteiger partial charge in [-0.05, 0) is 13.0 Å². The molecule has 4 nitrogen and oxygen atoms in total. The van der Waals surface area contributed by atoms with E-state index >= 15 is 0 Å². The lowest BCUT2D eigenvalue weighted by Gasteiger charge is -2.20. The summed E-state index contributed by atoms with van der Waals surface area (Å²) in [5.74, 6) is -7.28. The van der Waals surface area contributed by atoms with E-state index in [-0.39, 0.29) is 31.6 Å². The third kappa shape index (κ3) is 3.47. The Morgan fingerprint density at radius 3 is 2.14 bits per heavy atom. The monoisotopic (exact) mass is 348 g/mol. The van der Waals surface area contributed by atoms with Gasteiger partial charge in [0.05, 0.1) is 0 Å². The van der Waals surface area contributed by atoms with E-state index in [4.69, 9.17) is 0 Å². The fourth-order valence-corrected chi connectivity index (χ4v) is 3.58. The third-order valence-electron chi connectivity index (χ3n) is 2.97. The van der Waals surface area contributed by atoms with Gasteiger partial charge in [0.1, 0.15) is 0 Å². The summed E-state index contributed by atoms with van der Waals surface area (Å²) in [5.41, 5.74) is 0. The van der Waals surface area contributed by atoms with Gasteiger partial charge in [0, 0.05) is 25.7 Å². The van der Waals surface area contributed by atoms with Crippen LogP contribution in [0.15, 0.2) is 11.0 Å². The molecule has 1 N–H and O–H groups in total. The average Bonchev–Trinajstić information content (AvgIpc) is 2.65. The topological polar surface area (TPSA) is 49.4 Å². The van der Waals surface area contributed by atoms with Gasteiger partial charge in [-0.25, -0.2) is 26.0 Å². The van der Waals surface area contributed by atoms with E-state index in [1.165, 1.54) is 0 Å². The summed E-state index contributed by atoms with van der Waals surface area (Å²) >= 11 is 0. The van der Waals surface area contributed by atoms with Gasteiger partial charge in [-0.3, -0.25) is 0 Å². The zero-order valence-corrected chi connectivity index (χ0v) is 12.3. The highest BCUT2D eigenvalue weighted by Gasteiger charge is 2.34. The number of sulfonamides is 1. The maximum atomic E-state index is 13.6. The smallest absolute Gasteiger partial charge is 0.249 e. The Hall–Kier alpha value is -0.900. The van der Waals surface area contributed by atoms with Crippen LogP contribution < -0.4 is 5.32 Å². The van der Waals surface area contributed by atoms with Crippen LogP contribution in [-0.2, 0) is 10.0 Å². The van der Waals surface area contributed by atoms with Crippen LogP contribution in [0.25, 0.3) is 0 Å². The Bertz CT molecular complexity index is 593. The molecule has 0 aliphatic carbocycles. The number of hydrogen-bond donors (Lipinski definition) is 1. The fraction of sp³-hybridized carbons (Fsp3) is 0.455. The third-order valence-corrected chi connectivity index (χ3v) is 4.89. The molecule has 1 fully saturated rings. The van der Waals surface area contributed by atoms with Gasteiger partial charge in [0.15, 0.2) is 28.2 Å². The van der Waals surface area contributed by atoms with Crippen molar-refractivity contribution < 1.29 is 26.0 Å². The minimum Gasteiger partial charge on any atom is -0.315 e. The molecule has 2 rings (SSSR count). The van der Waals surface area contributed by atoms with E-state index in [2.05, 4.69) is 5.32 Å². The summed E-state index contributed by atoms with van der Waals surface area (Å²) < 4.78 is 78.6. The number of nitrogens with one attached hydrogen (secondary N) is 1. The van der Waals surface area contributed by atoms with Gasteiger partial charge in [-0.15, -0.1) is 12.4 Å². The molecule has 10 heteroatoms. The first-order valence-corrected chi connectivity index (χ1v) is 7.33. The van der Waals surface area contributed by atoms with Crippen molar-refractivity contribution in [3.63, 3.8) is 0 Å². The highest BCUT2D eigenvalue weighted by atomic mass is 35.5. The van der Waals surface area contributed by atoms with Gasteiger partial charge >= 0.3 is 0 Å². The summed E-state index contributed by atoms with van der Waals surface area (Å²) in [6.45, 7) is 0.834. The molecule has 0 spiro atoms. The average molecular weight is 349 g/mol. The highest BCUT2D eigenvalue weighted by molar-refractivity contribution is 7.89. The second-order valence-electron chi connectivity index (χ2n) is 4.30. The van der Waals surface area contributed by atoms with E-state index in [9.17, 15) is 26.0 Å². The zero-order valence-electron chi connectivity index (χ0n) is 10.7. The predicted octanol–water partition coefficient (Wildman–Crippen LogP) is 1.65. The largest absolute Gasteiger partial charge is 0.315 e. The summed E-state index contributed by atoms with van der Waals surface area (Å²) in [4.78, 5) is -1.57. The van der Waals surface area contributed by atoms with Crippen LogP contribution in [0.3, 0.4) is 0 Å². The lowest BCUT2D eigenvalue weighted by Crippen LogP contribution is -2.35. The molecular formula is C11H13ClF4N2O2S. The van der Waals surface area contributed by atoms with E-state index in [1.807, 2.05) is 0 Å². The normalized spacial score (nSPS) is 17.1. The number of rotatable bonds is 2. The molecule has 0 radical (unpaired) electrons. The van der Waals surface area contributed by atoms with Gasteiger partial charge < -0.3 is 5.32 Å². The van der Waals surface area contributed by atoms with Crippen molar-refractivity contribution in [3.8, 4) is 0 Å². The van der Waals surface area contributed by atoms with Crippen LogP contribution >= 0.6 is 12.4 Å². The number of benzene rings is 1. The van der Waals surface area contributed by atoms with Crippen LogP contribution in [0.2, 0.25) is 0 Å². The van der Waals surface area contributed by atoms with E-state index in [0.29, 0.717) is 19.5 Å². The molecule has 120 valence electrons. The van der Waals surface area contributed by atoms with Gasteiger partial charge in [-0.1, -0.05) is 0 Å². The first-order chi connectivity index (χ1) is 9.35. The molecule has 1 aliphatic heterocycles. The van der Waals surface area contributed by atoms with Crippen LogP contribution in [-0.4, -0.2) is 38.9 Å². The first kappa shape index (κ1) is 18.1. The maximum absolute atomic E-state index is 13.6.